The smallest absolute Gasteiger partial charge is 0.257 e. The summed E-state index contributed by atoms with van der Waals surface area (Å²) in [6, 6.07) is 4.36. The van der Waals surface area contributed by atoms with E-state index in [-0.39, 0.29) is 18.7 Å². The largest absolute Gasteiger partial charge is 0.385 e. The van der Waals surface area contributed by atoms with Crippen LogP contribution >= 0.6 is 0 Å². The summed E-state index contributed by atoms with van der Waals surface area (Å²) in [5, 5.41) is 16.2. The number of carbonyl (C=O) groups is 3. The second-order valence-corrected chi connectivity index (χ2v) is 6.60. The minimum Gasteiger partial charge on any atom is -0.385 e. The molecule has 1 aromatic rings. The predicted molar refractivity (Wildman–Crippen MR) is 95.1 cm³/mol. The van der Waals surface area contributed by atoms with E-state index < -0.39 is 24.1 Å². The number of benzene rings is 1. The number of aliphatic hydroxyl groups is 1. The molecule has 2 unspecified atom stereocenters. The molecule has 8 nitrogen and oxygen atoms in total. The zero-order valence-electron chi connectivity index (χ0n) is 14.5. The molecule has 8 heteroatoms. The van der Waals surface area contributed by atoms with Gasteiger partial charge >= 0.3 is 0 Å². The zero-order valence-corrected chi connectivity index (χ0v) is 14.5. The molecule has 0 aliphatic carbocycles. The number of amides is 3. The lowest BCUT2D eigenvalue weighted by Gasteiger charge is -2.32. The Bertz CT molecular complexity index is 721. The third kappa shape index (κ3) is 3.42. The number of imide groups is 1. The van der Waals surface area contributed by atoms with Gasteiger partial charge in [-0.25, -0.2) is 0 Å². The highest BCUT2D eigenvalue weighted by atomic mass is 16.3. The number of aliphatic hydroxyl groups excluding tert-OH is 1. The number of nitrogens with one attached hydrogen (secondary N) is 2. The van der Waals surface area contributed by atoms with Crippen molar-refractivity contribution in [1.82, 2.24) is 10.2 Å². The van der Waals surface area contributed by atoms with Crippen LogP contribution in [0.25, 0.3) is 0 Å². The molecule has 0 bridgehead atoms. The van der Waals surface area contributed by atoms with Gasteiger partial charge in [-0.05, 0) is 37.9 Å². The van der Waals surface area contributed by atoms with Gasteiger partial charge in [0.1, 0.15) is 6.04 Å². The van der Waals surface area contributed by atoms with Gasteiger partial charge in [0, 0.05) is 29.8 Å². The molecule has 1 aromatic carbocycles. The van der Waals surface area contributed by atoms with Crippen molar-refractivity contribution in [3.63, 3.8) is 0 Å². The average Bonchev–Trinajstić information content (AvgIpc) is 2.87. The second kappa shape index (κ2) is 7.84. The summed E-state index contributed by atoms with van der Waals surface area (Å²) in [5.41, 5.74) is 7.04. The second-order valence-electron chi connectivity index (χ2n) is 6.60. The molecule has 2 atom stereocenters. The van der Waals surface area contributed by atoms with Crippen LogP contribution < -0.4 is 16.4 Å². The molecule has 2 aliphatic rings. The van der Waals surface area contributed by atoms with Crippen molar-refractivity contribution in [1.29, 1.82) is 0 Å². The lowest BCUT2D eigenvalue weighted by molar-refractivity contribution is -0.139. The number of rotatable bonds is 7. The van der Waals surface area contributed by atoms with E-state index in [1.165, 1.54) is 4.90 Å². The maximum Gasteiger partial charge on any atom is 0.257 e. The van der Waals surface area contributed by atoms with Gasteiger partial charge in [-0.15, -0.1) is 0 Å². The Kier molecular flexibility index (Phi) is 5.53. The van der Waals surface area contributed by atoms with E-state index in [9.17, 15) is 19.5 Å². The van der Waals surface area contributed by atoms with Gasteiger partial charge in [-0.3, -0.25) is 24.6 Å². The zero-order chi connectivity index (χ0) is 18.7. The van der Waals surface area contributed by atoms with Gasteiger partial charge in [-0.1, -0.05) is 12.5 Å². The predicted octanol–water partition coefficient (Wildman–Crippen LogP) is 0.479. The fourth-order valence-electron chi connectivity index (χ4n) is 3.50. The van der Waals surface area contributed by atoms with Crippen LogP contribution in [0.5, 0.6) is 0 Å². The summed E-state index contributed by atoms with van der Waals surface area (Å²) in [6.45, 7) is 1.37. The molecule has 0 spiro atoms. The fraction of sp³-hybridized carbons (Fsp3) is 0.500. The van der Waals surface area contributed by atoms with Crippen molar-refractivity contribution in [3.05, 3.63) is 29.3 Å². The normalized spacial score (nSPS) is 22.4. The molecule has 3 amide bonds. The molecule has 0 saturated carbocycles. The van der Waals surface area contributed by atoms with Gasteiger partial charge in [0.15, 0.2) is 6.23 Å². The topological polar surface area (TPSA) is 125 Å². The van der Waals surface area contributed by atoms with E-state index in [1.807, 2.05) is 6.07 Å². The van der Waals surface area contributed by atoms with Crippen molar-refractivity contribution in [2.24, 2.45) is 5.73 Å². The van der Waals surface area contributed by atoms with Crippen molar-refractivity contribution < 1.29 is 19.5 Å². The average molecular weight is 360 g/mol. The Morgan fingerprint density at radius 3 is 2.77 bits per heavy atom. The molecule has 2 aliphatic heterocycles. The minimum atomic E-state index is -1.21. The highest BCUT2D eigenvalue weighted by Crippen LogP contribution is 2.39. The monoisotopic (exact) mass is 360 g/mol. The summed E-state index contributed by atoms with van der Waals surface area (Å²) in [4.78, 5) is 37.4. The number of hydrogen-bond acceptors (Lipinski definition) is 6. The molecule has 2 heterocycles. The molecule has 0 radical (unpaired) electrons. The van der Waals surface area contributed by atoms with E-state index in [1.54, 1.807) is 12.1 Å². The highest BCUT2D eigenvalue weighted by Gasteiger charge is 2.45. The number of carbonyl (C=O) groups excluding carboxylic acids is 3. The van der Waals surface area contributed by atoms with Crippen LogP contribution in [0, 0.1) is 0 Å². The number of hydrogen-bond donors (Lipinski definition) is 4. The van der Waals surface area contributed by atoms with Crippen LogP contribution in [-0.4, -0.2) is 46.9 Å². The Morgan fingerprint density at radius 1 is 1.23 bits per heavy atom. The third-order valence-electron chi connectivity index (χ3n) is 4.83. The van der Waals surface area contributed by atoms with Crippen molar-refractivity contribution in [3.8, 4) is 0 Å². The van der Waals surface area contributed by atoms with Gasteiger partial charge in [-0.2, -0.15) is 0 Å². The summed E-state index contributed by atoms with van der Waals surface area (Å²) in [7, 11) is 0. The summed E-state index contributed by atoms with van der Waals surface area (Å²) in [6.07, 6.45) is 2.04. The van der Waals surface area contributed by atoms with Crippen LogP contribution in [-0.2, 0) is 9.59 Å². The number of unbranched alkanes of at least 4 members (excludes halogenated alkanes) is 2. The lowest BCUT2D eigenvalue weighted by atomic mass is 10.0. The van der Waals surface area contributed by atoms with Crippen LogP contribution in [0.1, 0.15) is 54.3 Å². The summed E-state index contributed by atoms with van der Waals surface area (Å²) >= 11 is 0. The van der Waals surface area contributed by atoms with Gasteiger partial charge in [0.05, 0.1) is 0 Å². The first-order valence-corrected chi connectivity index (χ1v) is 8.96. The number of piperidine rings is 1. The molecule has 1 fully saturated rings. The van der Waals surface area contributed by atoms with E-state index in [4.69, 9.17) is 5.73 Å². The number of nitrogens with two attached hydrogens (primary N) is 1. The maximum atomic E-state index is 12.8. The number of fused-ring (bicyclic) bond motifs is 1. The molecular weight excluding hydrogens is 336 g/mol. The van der Waals surface area contributed by atoms with E-state index in [2.05, 4.69) is 10.6 Å². The Balaban J connectivity index is 1.77. The molecule has 3 rings (SSSR count). The molecule has 140 valence electrons. The molecule has 1 saturated heterocycles. The third-order valence-corrected chi connectivity index (χ3v) is 4.83. The van der Waals surface area contributed by atoms with Crippen LogP contribution in [0.4, 0.5) is 5.69 Å². The first kappa shape index (κ1) is 18.3. The van der Waals surface area contributed by atoms with Gasteiger partial charge < -0.3 is 16.2 Å². The maximum absolute atomic E-state index is 12.8. The number of nitrogens with zero attached hydrogens (tertiary/aromatic N) is 1. The van der Waals surface area contributed by atoms with E-state index in [0.29, 0.717) is 29.9 Å². The van der Waals surface area contributed by atoms with Gasteiger partial charge in [0.2, 0.25) is 11.8 Å². The highest BCUT2D eigenvalue weighted by molar-refractivity contribution is 6.06. The summed E-state index contributed by atoms with van der Waals surface area (Å²) < 4.78 is 0. The molecular formula is C18H24N4O4. The molecule has 0 aromatic heterocycles. The van der Waals surface area contributed by atoms with Gasteiger partial charge in [0.25, 0.3) is 5.91 Å². The Labute approximate surface area is 151 Å². The Hall–Kier alpha value is -2.45. The van der Waals surface area contributed by atoms with Crippen LogP contribution in [0.2, 0.25) is 0 Å². The van der Waals surface area contributed by atoms with Crippen LogP contribution in [0.15, 0.2) is 18.2 Å². The summed E-state index contributed by atoms with van der Waals surface area (Å²) in [5.74, 6) is -1.30. The first-order chi connectivity index (χ1) is 12.5. The molecule has 26 heavy (non-hydrogen) atoms. The Morgan fingerprint density at radius 2 is 2.04 bits per heavy atom. The van der Waals surface area contributed by atoms with Crippen molar-refractivity contribution in [2.75, 3.05) is 18.4 Å². The van der Waals surface area contributed by atoms with Crippen molar-refractivity contribution in [2.45, 2.75) is 44.4 Å². The SMILES string of the molecule is NCCCCCNc1cccc2c1C(O)N(C1CCC(=O)NC1=O)C2=O. The minimum absolute atomic E-state index is 0.148. The number of anilines is 1. The van der Waals surface area contributed by atoms with Crippen LogP contribution in [0.3, 0.4) is 0 Å². The quantitative estimate of drug-likeness (QED) is 0.414. The lowest BCUT2D eigenvalue weighted by Crippen LogP contribution is -2.53. The van der Waals surface area contributed by atoms with Crippen molar-refractivity contribution >= 4 is 23.4 Å². The first-order valence-electron chi connectivity index (χ1n) is 8.96. The standard InChI is InChI=1S/C18H24N4O4/c19-9-2-1-3-10-20-12-6-4-5-11-15(12)18(26)22(17(11)25)13-7-8-14(23)21-16(13)24/h4-6,13,18,20,26H,1-3,7-10,19H2,(H,21,23,24). The molecule has 5 N–H and O–H groups in total. The van der Waals surface area contributed by atoms with E-state index in [0.717, 1.165) is 19.3 Å². The fourth-order valence-corrected chi connectivity index (χ4v) is 3.50. The van der Waals surface area contributed by atoms with E-state index >= 15 is 0 Å².